The molecule has 0 radical (unpaired) electrons. The molecule has 0 spiro atoms. The van der Waals surface area contributed by atoms with Crippen molar-refractivity contribution in [2.75, 3.05) is 5.32 Å². The third-order valence-electron chi connectivity index (χ3n) is 3.27. The Morgan fingerprint density at radius 2 is 2.25 bits per heavy atom. The van der Waals surface area contributed by atoms with Gasteiger partial charge in [-0.2, -0.15) is 0 Å². The molecule has 88 valence electrons. The first-order valence-corrected chi connectivity index (χ1v) is 6.73. The van der Waals surface area contributed by atoms with Gasteiger partial charge in [0.1, 0.15) is 0 Å². The van der Waals surface area contributed by atoms with E-state index in [1.165, 1.54) is 5.56 Å². The van der Waals surface area contributed by atoms with Crippen LogP contribution in [0.25, 0.3) is 0 Å². The van der Waals surface area contributed by atoms with Crippen LogP contribution in [0.1, 0.15) is 31.7 Å². The minimum absolute atomic E-state index is 0.187. The van der Waals surface area contributed by atoms with Crippen LogP contribution >= 0.6 is 15.9 Å². The zero-order chi connectivity index (χ0) is 11.5. The zero-order valence-corrected chi connectivity index (χ0v) is 11.1. The van der Waals surface area contributed by atoms with Crippen LogP contribution in [0.4, 0.5) is 5.69 Å². The standard InChI is InChI=1S/C13H18BrNO/c1-2-9-8-10(14)6-7-11(9)15-12-4-3-5-13(12)16/h6-8,12-13,15-16H,2-5H2,1H3/t12-,13-/m0/s1. The van der Waals surface area contributed by atoms with Crippen molar-refractivity contribution >= 4 is 21.6 Å². The van der Waals surface area contributed by atoms with Gasteiger partial charge >= 0.3 is 0 Å². The average molecular weight is 284 g/mol. The predicted octanol–water partition coefficient (Wildman–Crippen LogP) is 3.34. The molecule has 1 aromatic carbocycles. The van der Waals surface area contributed by atoms with Gasteiger partial charge in [-0.05, 0) is 49.4 Å². The van der Waals surface area contributed by atoms with Gasteiger partial charge in [-0.25, -0.2) is 0 Å². The van der Waals surface area contributed by atoms with Gasteiger partial charge in [0.25, 0.3) is 0 Å². The third-order valence-corrected chi connectivity index (χ3v) is 3.76. The molecule has 0 aliphatic heterocycles. The first-order valence-electron chi connectivity index (χ1n) is 5.93. The van der Waals surface area contributed by atoms with Crippen LogP contribution in [0.3, 0.4) is 0 Å². The molecule has 1 saturated carbocycles. The highest BCUT2D eigenvalue weighted by Gasteiger charge is 2.25. The van der Waals surface area contributed by atoms with Crippen LogP contribution in [0.2, 0.25) is 0 Å². The Balaban J connectivity index is 2.14. The summed E-state index contributed by atoms with van der Waals surface area (Å²) in [6, 6.07) is 6.51. The number of aliphatic hydroxyl groups excluding tert-OH is 1. The largest absolute Gasteiger partial charge is 0.391 e. The molecular formula is C13H18BrNO. The molecule has 0 unspecified atom stereocenters. The molecule has 2 rings (SSSR count). The van der Waals surface area contributed by atoms with Crippen molar-refractivity contribution in [1.29, 1.82) is 0 Å². The number of nitrogens with one attached hydrogen (secondary N) is 1. The summed E-state index contributed by atoms with van der Waals surface area (Å²) in [5, 5.41) is 13.3. The lowest BCUT2D eigenvalue weighted by molar-refractivity contribution is 0.172. The van der Waals surface area contributed by atoms with Gasteiger partial charge in [0.2, 0.25) is 0 Å². The fourth-order valence-corrected chi connectivity index (χ4v) is 2.71. The van der Waals surface area contributed by atoms with Gasteiger partial charge < -0.3 is 10.4 Å². The van der Waals surface area contributed by atoms with Crippen molar-refractivity contribution in [3.05, 3.63) is 28.2 Å². The monoisotopic (exact) mass is 283 g/mol. The highest BCUT2D eigenvalue weighted by atomic mass is 79.9. The number of rotatable bonds is 3. The van der Waals surface area contributed by atoms with E-state index < -0.39 is 0 Å². The molecular weight excluding hydrogens is 266 g/mol. The number of benzene rings is 1. The Hall–Kier alpha value is -0.540. The van der Waals surface area contributed by atoms with Gasteiger partial charge in [-0.1, -0.05) is 22.9 Å². The smallest absolute Gasteiger partial charge is 0.0741 e. The molecule has 2 N–H and O–H groups in total. The summed E-state index contributed by atoms with van der Waals surface area (Å²) >= 11 is 3.48. The summed E-state index contributed by atoms with van der Waals surface area (Å²) < 4.78 is 1.11. The molecule has 3 heteroatoms. The van der Waals surface area contributed by atoms with E-state index in [1.54, 1.807) is 0 Å². The van der Waals surface area contributed by atoms with Gasteiger partial charge in [-0.3, -0.25) is 0 Å². The van der Waals surface area contributed by atoms with E-state index in [-0.39, 0.29) is 12.1 Å². The van der Waals surface area contributed by atoms with Gasteiger partial charge in [0.15, 0.2) is 0 Å². The number of aryl methyl sites for hydroxylation is 1. The van der Waals surface area contributed by atoms with Crippen molar-refractivity contribution in [3.63, 3.8) is 0 Å². The molecule has 1 aliphatic carbocycles. The number of hydrogen-bond acceptors (Lipinski definition) is 2. The van der Waals surface area contributed by atoms with Crippen molar-refractivity contribution in [1.82, 2.24) is 0 Å². The minimum atomic E-state index is -0.187. The highest BCUT2D eigenvalue weighted by Crippen LogP contribution is 2.27. The fourth-order valence-electron chi connectivity index (χ4n) is 2.30. The van der Waals surface area contributed by atoms with Crippen molar-refractivity contribution in [2.45, 2.75) is 44.8 Å². The first kappa shape index (κ1) is 11.9. The summed E-state index contributed by atoms with van der Waals surface area (Å²) in [4.78, 5) is 0. The average Bonchev–Trinajstić information content (AvgIpc) is 2.67. The van der Waals surface area contributed by atoms with Gasteiger partial charge in [0, 0.05) is 10.2 Å². The molecule has 0 amide bonds. The first-order chi connectivity index (χ1) is 7.70. The Morgan fingerprint density at radius 3 is 2.88 bits per heavy atom. The lowest BCUT2D eigenvalue weighted by Gasteiger charge is -2.20. The molecule has 2 atom stereocenters. The van der Waals surface area contributed by atoms with Crippen molar-refractivity contribution in [2.24, 2.45) is 0 Å². The van der Waals surface area contributed by atoms with E-state index in [1.807, 2.05) is 6.07 Å². The maximum Gasteiger partial charge on any atom is 0.0741 e. The number of anilines is 1. The summed E-state index contributed by atoms with van der Waals surface area (Å²) in [5.74, 6) is 0. The fraction of sp³-hybridized carbons (Fsp3) is 0.538. The molecule has 0 bridgehead atoms. The number of hydrogen-bond donors (Lipinski definition) is 2. The van der Waals surface area contributed by atoms with Gasteiger partial charge in [0.05, 0.1) is 12.1 Å². The quantitative estimate of drug-likeness (QED) is 0.892. The lowest BCUT2D eigenvalue weighted by Crippen LogP contribution is -2.28. The van der Waals surface area contributed by atoms with E-state index in [4.69, 9.17) is 0 Å². The molecule has 0 saturated heterocycles. The maximum absolute atomic E-state index is 9.80. The topological polar surface area (TPSA) is 32.3 Å². The van der Waals surface area contributed by atoms with E-state index in [0.29, 0.717) is 0 Å². The lowest BCUT2D eigenvalue weighted by atomic mass is 10.1. The SMILES string of the molecule is CCc1cc(Br)ccc1N[C@H]1CCC[C@@H]1O. The van der Waals surface area contributed by atoms with E-state index in [9.17, 15) is 5.11 Å². The second-order valence-electron chi connectivity index (χ2n) is 4.40. The predicted molar refractivity (Wildman–Crippen MR) is 70.8 cm³/mol. The third kappa shape index (κ3) is 2.58. The Morgan fingerprint density at radius 1 is 1.44 bits per heavy atom. The molecule has 16 heavy (non-hydrogen) atoms. The molecule has 0 aromatic heterocycles. The highest BCUT2D eigenvalue weighted by molar-refractivity contribution is 9.10. The van der Waals surface area contributed by atoms with Crippen molar-refractivity contribution < 1.29 is 5.11 Å². The summed E-state index contributed by atoms with van der Waals surface area (Å²) in [6.45, 7) is 2.15. The van der Waals surface area contributed by atoms with Crippen molar-refractivity contribution in [3.8, 4) is 0 Å². The normalized spacial score (nSPS) is 24.7. The Bertz CT molecular complexity index is 367. The van der Waals surface area contributed by atoms with Crippen LogP contribution in [0.15, 0.2) is 22.7 Å². The Kier molecular flexibility index (Phi) is 3.87. The molecule has 1 aromatic rings. The second-order valence-corrected chi connectivity index (χ2v) is 5.32. The van der Waals surface area contributed by atoms with Gasteiger partial charge in [-0.15, -0.1) is 0 Å². The van der Waals surface area contributed by atoms with Crippen LogP contribution in [0, 0.1) is 0 Å². The van der Waals surface area contributed by atoms with Crippen LogP contribution < -0.4 is 5.32 Å². The summed E-state index contributed by atoms with van der Waals surface area (Å²) in [6.07, 6.45) is 3.94. The number of aliphatic hydroxyl groups is 1. The molecule has 1 fully saturated rings. The van der Waals surface area contributed by atoms with E-state index in [2.05, 4.69) is 40.3 Å². The zero-order valence-electron chi connectivity index (χ0n) is 9.54. The number of halogens is 1. The second kappa shape index (κ2) is 5.19. The van der Waals surface area contributed by atoms with Crippen LogP contribution in [0.5, 0.6) is 0 Å². The minimum Gasteiger partial charge on any atom is -0.391 e. The maximum atomic E-state index is 9.80. The molecule has 2 nitrogen and oxygen atoms in total. The van der Waals surface area contributed by atoms with E-state index in [0.717, 1.165) is 35.8 Å². The molecule has 1 aliphatic rings. The van der Waals surface area contributed by atoms with Crippen LogP contribution in [-0.2, 0) is 6.42 Å². The summed E-state index contributed by atoms with van der Waals surface area (Å²) in [7, 11) is 0. The summed E-state index contributed by atoms with van der Waals surface area (Å²) in [5.41, 5.74) is 2.46. The van der Waals surface area contributed by atoms with Crippen LogP contribution in [-0.4, -0.2) is 17.3 Å². The Labute approximate surface area is 105 Å². The van der Waals surface area contributed by atoms with E-state index >= 15 is 0 Å². The molecule has 0 heterocycles.